The van der Waals surface area contributed by atoms with E-state index in [-0.39, 0.29) is 11.6 Å². The number of Topliss-reactive ketones (excluding diaryl/α,β-unsaturated/α-hetero) is 1. The lowest BCUT2D eigenvalue weighted by Crippen LogP contribution is -2.25. The highest BCUT2D eigenvalue weighted by Gasteiger charge is 2.09. The van der Waals surface area contributed by atoms with Crippen molar-refractivity contribution in [1.82, 2.24) is 4.90 Å². The second-order valence-corrected chi connectivity index (χ2v) is 4.59. The SMILES string of the molecule is CN(CC(=O)c1ccccc1)Cc1ccc(F)cc1. The van der Waals surface area contributed by atoms with E-state index in [9.17, 15) is 9.18 Å². The molecule has 0 amide bonds. The molecule has 2 aromatic carbocycles. The Hall–Kier alpha value is -2.00. The van der Waals surface area contributed by atoms with Crippen LogP contribution >= 0.6 is 0 Å². The van der Waals surface area contributed by atoms with Crippen LogP contribution in [0.3, 0.4) is 0 Å². The highest BCUT2D eigenvalue weighted by Crippen LogP contribution is 2.07. The van der Waals surface area contributed by atoms with E-state index in [1.54, 1.807) is 12.1 Å². The highest BCUT2D eigenvalue weighted by atomic mass is 19.1. The van der Waals surface area contributed by atoms with Crippen LogP contribution in [0.15, 0.2) is 54.6 Å². The molecule has 0 atom stereocenters. The van der Waals surface area contributed by atoms with Crippen LogP contribution in [0.25, 0.3) is 0 Å². The minimum atomic E-state index is -0.244. The van der Waals surface area contributed by atoms with Gasteiger partial charge in [0.25, 0.3) is 0 Å². The summed E-state index contributed by atoms with van der Waals surface area (Å²) in [5, 5.41) is 0. The van der Waals surface area contributed by atoms with E-state index < -0.39 is 0 Å². The minimum absolute atomic E-state index is 0.0882. The van der Waals surface area contributed by atoms with Gasteiger partial charge < -0.3 is 0 Å². The predicted molar refractivity (Wildman–Crippen MR) is 73.5 cm³/mol. The van der Waals surface area contributed by atoms with Gasteiger partial charge in [-0.3, -0.25) is 9.69 Å². The van der Waals surface area contributed by atoms with Crippen molar-refractivity contribution in [3.8, 4) is 0 Å². The molecule has 0 aliphatic heterocycles. The molecule has 0 heterocycles. The van der Waals surface area contributed by atoms with Gasteiger partial charge in [0.05, 0.1) is 6.54 Å². The second-order valence-electron chi connectivity index (χ2n) is 4.59. The number of rotatable bonds is 5. The van der Waals surface area contributed by atoms with Gasteiger partial charge in [0.1, 0.15) is 5.82 Å². The summed E-state index contributed by atoms with van der Waals surface area (Å²) in [4.78, 5) is 13.9. The molecule has 0 aliphatic rings. The molecule has 0 aliphatic carbocycles. The predicted octanol–water partition coefficient (Wildman–Crippen LogP) is 3.14. The quantitative estimate of drug-likeness (QED) is 0.767. The number of halogens is 1. The Morgan fingerprint density at radius 3 is 2.32 bits per heavy atom. The zero-order valence-electron chi connectivity index (χ0n) is 10.8. The van der Waals surface area contributed by atoms with E-state index in [4.69, 9.17) is 0 Å². The van der Waals surface area contributed by atoms with Crippen molar-refractivity contribution < 1.29 is 9.18 Å². The summed E-state index contributed by atoms with van der Waals surface area (Å²) < 4.78 is 12.8. The summed E-state index contributed by atoms with van der Waals surface area (Å²) in [6.07, 6.45) is 0. The van der Waals surface area contributed by atoms with E-state index in [2.05, 4.69) is 0 Å². The van der Waals surface area contributed by atoms with Crippen LogP contribution in [0.5, 0.6) is 0 Å². The molecule has 3 heteroatoms. The van der Waals surface area contributed by atoms with Gasteiger partial charge in [-0.1, -0.05) is 42.5 Å². The summed E-state index contributed by atoms with van der Waals surface area (Å²) >= 11 is 0. The molecule has 0 spiro atoms. The lowest BCUT2D eigenvalue weighted by molar-refractivity contribution is 0.0943. The van der Waals surface area contributed by atoms with Crippen molar-refractivity contribution in [3.63, 3.8) is 0 Å². The molecule has 2 rings (SSSR count). The fraction of sp³-hybridized carbons (Fsp3) is 0.188. The first-order chi connectivity index (χ1) is 9.15. The largest absolute Gasteiger partial charge is 0.295 e. The number of carbonyl (C=O) groups is 1. The standard InChI is InChI=1S/C16H16FNO/c1-18(11-13-7-9-15(17)10-8-13)12-16(19)14-5-3-2-4-6-14/h2-10H,11-12H2,1H3. The summed E-state index contributed by atoms with van der Waals surface area (Å²) in [6.45, 7) is 0.972. The number of carbonyl (C=O) groups excluding carboxylic acids is 1. The zero-order chi connectivity index (χ0) is 13.7. The molecule has 2 aromatic rings. The third kappa shape index (κ3) is 4.00. The van der Waals surface area contributed by atoms with Gasteiger partial charge in [-0.25, -0.2) is 4.39 Å². The molecule has 0 unspecified atom stereocenters. The van der Waals surface area contributed by atoms with Crippen LogP contribution in [-0.4, -0.2) is 24.3 Å². The van der Waals surface area contributed by atoms with E-state index in [1.807, 2.05) is 42.3 Å². The number of nitrogens with zero attached hydrogens (tertiary/aromatic N) is 1. The van der Waals surface area contributed by atoms with Crippen LogP contribution in [0.1, 0.15) is 15.9 Å². The van der Waals surface area contributed by atoms with Gasteiger partial charge >= 0.3 is 0 Å². The van der Waals surface area contributed by atoms with E-state index in [1.165, 1.54) is 12.1 Å². The highest BCUT2D eigenvalue weighted by molar-refractivity contribution is 5.97. The van der Waals surface area contributed by atoms with Crippen LogP contribution < -0.4 is 0 Å². The van der Waals surface area contributed by atoms with Crippen LogP contribution in [0, 0.1) is 5.82 Å². The Balaban J connectivity index is 1.92. The first kappa shape index (κ1) is 13.4. The maximum atomic E-state index is 12.8. The minimum Gasteiger partial charge on any atom is -0.295 e. The van der Waals surface area contributed by atoms with Gasteiger partial charge in [-0.15, -0.1) is 0 Å². The Labute approximate surface area is 112 Å². The zero-order valence-corrected chi connectivity index (χ0v) is 10.8. The summed E-state index contributed by atoms with van der Waals surface area (Å²) in [5.41, 5.74) is 1.71. The Bertz CT molecular complexity index is 536. The molecule has 98 valence electrons. The van der Waals surface area contributed by atoms with E-state index >= 15 is 0 Å². The molecule has 0 saturated carbocycles. The lowest BCUT2D eigenvalue weighted by Gasteiger charge is -2.15. The third-order valence-corrected chi connectivity index (χ3v) is 2.88. The number of likely N-dealkylation sites (N-methyl/N-ethyl adjacent to an activating group) is 1. The second kappa shape index (κ2) is 6.25. The monoisotopic (exact) mass is 257 g/mol. The number of benzene rings is 2. The van der Waals surface area contributed by atoms with Gasteiger partial charge in [-0.2, -0.15) is 0 Å². The molecule has 0 saturated heterocycles. The molecule has 2 nitrogen and oxygen atoms in total. The van der Waals surface area contributed by atoms with Crippen molar-refractivity contribution in [2.45, 2.75) is 6.54 Å². The van der Waals surface area contributed by atoms with E-state index in [0.29, 0.717) is 18.7 Å². The average molecular weight is 257 g/mol. The maximum absolute atomic E-state index is 12.8. The fourth-order valence-corrected chi connectivity index (χ4v) is 1.92. The smallest absolute Gasteiger partial charge is 0.176 e. The molecule has 0 fully saturated rings. The van der Waals surface area contributed by atoms with Crippen molar-refractivity contribution in [1.29, 1.82) is 0 Å². The Morgan fingerprint density at radius 1 is 1.05 bits per heavy atom. The van der Waals surface area contributed by atoms with Gasteiger partial charge in [0, 0.05) is 12.1 Å². The number of ketones is 1. The van der Waals surface area contributed by atoms with Crippen LogP contribution in [0.2, 0.25) is 0 Å². The number of hydrogen-bond acceptors (Lipinski definition) is 2. The molecular formula is C16H16FNO. The normalized spacial score (nSPS) is 10.7. The van der Waals surface area contributed by atoms with Crippen molar-refractivity contribution in [3.05, 3.63) is 71.5 Å². The molecular weight excluding hydrogens is 241 g/mol. The first-order valence-electron chi connectivity index (χ1n) is 6.16. The molecule has 0 bridgehead atoms. The number of hydrogen-bond donors (Lipinski definition) is 0. The van der Waals surface area contributed by atoms with Gasteiger partial charge in [0.2, 0.25) is 0 Å². The molecule has 19 heavy (non-hydrogen) atoms. The molecule has 0 N–H and O–H groups in total. The Kier molecular flexibility index (Phi) is 4.42. The van der Waals surface area contributed by atoms with Crippen molar-refractivity contribution >= 4 is 5.78 Å². The first-order valence-corrected chi connectivity index (χ1v) is 6.16. The van der Waals surface area contributed by atoms with Crippen LogP contribution in [-0.2, 0) is 6.54 Å². The van der Waals surface area contributed by atoms with Crippen molar-refractivity contribution in [2.75, 3.05) is 13.6 Å². The van der Waals surface area contributed by atoms with Gasteiger partial charge in [0.15, 0.2) is 5.78 Å². The fourth-order valence-electron chi connectivity index (χ4n) is 1.92. The average Bonchev–Trinajstić information content (AvgIpc) is 2.42. The third-order valence-electron chi connectivity index (χ3n) is 2.88. The molecule has 0 aromatic heterocycles. The van der Waals surface area contributed by atoms with Crippen molar-refractivity contribution in [2.24, 2.45) is 0 Å². The summed E-state index contributed by atoms with van der Waals surface area (Å²) in [6, 6.07) is 15.6. The topological polar surface area (TPSA) is 20.3 Å². The maximum Gasteiger partial charge on any atom is 0.176 e. The van der Waals surface area contributed by atoms with Crippen LogP contribution in [0.4, 0.5) is 4.39 Å². The summed E-state index contributed by atoms with van der Waals surface area (Å²) in [7, 11) is 1.88. The van der Waals surface area contributed by atoms with E-state index in [0.717, 1.165) is 5.56 Å². The molecule has 0 radical (unpaired) electrons. The lowest BCUT2D eigenvalue weighted by atomic mass is 10.1. The summed E-state index contributed by atoms with van der Waals surface area (Å²) in [5.74, 6) is -0.156. The Morgan fingerprint density at radius 2 is 1.68 bits per heavy atom. The van der Waals surface area contributed by atoms with Gasteiger partial charge in [-0.05, 0) is 24.7 Å².